The van der Waals surface area contributed by atoms with Gasteiger partial charge in [-0.2, -0.15) is 0 Å². The van der Waals surface area contributed by atoms with Gasteiger partial charge in [0, 0.05) is 12.5 Å². The van der Waals surface area contributed by atoms with Crippen molar-refractivity contribution in [3.63, 3.8) is 0 Å². The van der Waals surface area contributed by atoms with Crippen LogP contribution in [0.1, 0.15) is 29.9 Å². The Bertz CT molecular complexity index is 1100. The SMILES string of the molecule is CC(=O)NC1C(OCc2ccccc2)OC2COC(c3ccccc3)OC2C1OCc1ccccc1. The van der Waals surface area contributed by atoms with Gasteiger partial charge in [-0.05, 0) is 11.1 Å². The molecule has 0 aliphatic carbocycles. The van der Waals surface area contributed by atoms with Gasteiger partial charge in [0.05, 0.1) is 19.8 Å². The highest BCUT2D eigenvalue weighted by Gasteiger charge is 2.51. The van der Waals surface area contributed by atoms with Gasteiger partial charge in [0.2, 0.25) is 5.91 Å². The third-order valence-corrected chi connectivity index (χ3v) is 6.32. The average Bonchev–Trinajstić information content (AvgIpc) is 2.92. The molecule has 0 bridgehead atoms. The van der Waals surface area contributed by atoms with Crippen LogP contribution in [0.2, 0.25) is 0 Å². The van der Waals surface area contributed by atoms with Gasteiger partial charge in [-0.15, -0.1) is 0 Å². The Morgan fingerprint density at radius 2 is 1.42 bits per heavy atom. The van der Waals surface area contributed by atoms with E-state index in [4.69, 9.17) is 23.7 Å². The van der Waals surface area contributed by atoms with Gasteiger partial charge in [0.1, 0.15) is 24.4 Å². The highest BCUT2D eigenvalue weighted by molar-refractivity contribution is 5.73. The molecule has 2 fully saturated rings. The molecule has 7 nitrogen and oxygen atoms in total. The fourth-order valence-corrected chi connectivity index (χ4v) is 4.60. The van der Waals surface area contributed by atoms with Gasteiger partial charge >= 0.3 is 0 Å². The molecule has 0 radical (unpaired) electrons. The van der Waals surface area contributed by atoms with E-state index >= 15 is 0 Å². The van der Waals surface area contributed by atoms with Crippen molar-refractivity contribution in [2.45, 2.75) is 57.1 Å². The van der Waals surface area contributed by atoms with E-state index in [-0.39, 0.29) is 5.91 Å². The van der Waals surface area contributed by atoms with E-state index in [1.54, 1.807) is 0 Å². The number of amides is 1. The highest BCUT2D eigenvalue weighted by Crippen LogP contribution is 2.36. The van der Waals surface area contributed by atoms with Gasteiger partial charge in [0.15, 0.2) is 12.6 Å². The first-order chi connectivity index (χ1) is 17.7. The topological polar surface area (TPSA) is 75.3 Å². The molecular weight excluding hydrogens is 458 g/mol. The quantitative estimate of drug-likeness (QED) is 0.513. The predicted molar refractivity (Wildman–Crippen MR) is 133 cm³/mol. The second-order valence-corrected chi connectivity index (χ2v) is 9.00. The third-order valence-electron chi connectivity index (χ3n) is 6.32. The van der Waals surface area contributed by atoms with Gasteiger partial charge < -0.3 is 29.0 Å². The van der Waals surface area contributed by atoms with Gasteiger partial charge in [-0.25, -0.2) is 0 Å². The summed E-state index contributed by atoms with van der Waals surface area (Å²) < 4.78 is 31.4. The van der Waals surface area contributed by atoms with E-state index in [1.807, 2.05) is 91.0 Å². The van der Waals surface area contributed by atoms with Crippen molar-refractivity contribution in [3.8, 4) is 0 Å². The van der Waals surface area contributed by atoms with Crippen molar-refractivity contribution in [1.82, 2.24) is 5.32 Å². The van der Waals surface area contributed by atoms with E-state index in [1.165, 1.54) is 6.92 Å². The minimum absolute atomic E-state index is 0.199. The Kier molecular flexibility index (Phi) is 8.05. The van der Waals surface area contributed by atoms with Crippen molar-refractivity contribution in [1.29, 1.82) is 0 Å². The van der Waals surface area contributed by atoms with Crippen molar-refractivity contribution in [2.24, 2.45) is 0 Å². The Morgan fingerprint density at radius 1 is 0.833 bits per heavy atom. The van der Waals surface area contributed by atoms with E-state index in [2.05, 4.69) is 5.32 Å². The first-order valence-corrected chi connectivity index (χ1v) is 12.2. The standard InChI is InChI=1S/C29H31NO6/c1-20(31)30-25-27(32-17-21-11-5-2-6-12-21)26-24(19-34-28(36-26)23-15-9-4-10-16-23)35-29(25)33-18-22-13-7-3-8-14-22/h2-16,24-29H,17-19H2,1H3,(H,30,31). The van der Waals surface area contributed by atoms with Crippen molar-refractivity contribution in [3.05, 3.63) is 108 Å². The zero-order chi connectivity index (χ0) is 24.7. The number of nitrogens with one attached hydrogen (secondary N) is 1. The largest absolute Gasteiger partial charge is 0.368 e. The summed E-state index contributed by atoms with van der Waals surface area (Å²) in [5, 5.41) is 3.01. The van der Waals surface area contributed by atoms with Crippen LogP contribution in [-0.2, 0) is 41.7 Å². The van der Waals surface area contributed by atoms with Crippen LogP contribution in [0.4, 0.5) is 0 Å². The summed E-state index contributed by atoms with van der Waals surface area (Å²) in [5.74, 6) is -0.199. The number of carbonyl (C=O) groups is 1. The number of hydrogen-bond acceptors (Lipinski definition) is 6. The average molecular weight is 490 g/mol. The second kappa shape index (κ2) is 11.8. The summed E-state index contributed by atoms with van der Waals surface area (Å²) in [6, 6.07) is 29.0. The minimum atomic E-state index is -0.739. The zero-order valence-corrected chi connectivity index (χ0v) is 20.2. The van der Waals surface area contributed by atoms with Crippen LogP contribution in [0.3, 0.4) is 0 Å². The summed E-state index contributed by atoms with van der Waals surface area (Å²) in [7, 11) is 0. The number of benzene rings is 3. The van der Waals surface area contributed by atoms with E-state index in [0.29, 0.717) is 19.8 Å². The molecule has 188 valence electrons. The molecule has 3 aromatic carbocycles. The molecule has 3 aromatic rings. The van der Waals surface area contributed by atoms with E-state index in [0.717, 1.165) is 16.7 Å². The lowest BCUT2D eigenvalue weighted by atomic mass is 9.95. The molecule has 0 saturated carbocycles. The van der Waals surface area contributed by atoms with Crippen LogP contribution < -0.4 is 5.32 Å². The lowest BCUT2D eigenvalue weighted by Crippen LogP contribution is -2.67. The number of hydrogen-bond donors (Lipinski definition) is 1. The van der Waals surface area contributed by atoms with Crippen LogP contribution in [0.15, 0.2) is 91.0 Å². The molecule has 1 N–H and O–H groups in total. The lowest BCUT2D eigenvalue weighted by molar-refractivity contribution is -0.350. The maximum atomic E-state index is 12.3. The molecule has 0 spiro atoms. The van der Waals surface area contributed by atoms with E-state index in [9.17, 15) is 4.79 Å². The molecule has 6 atom stereocenters. The Morgan fingerprint density at radius 3 is 2.03 bits per heavy atom. The molecule has 2 aliphatic rings. The predicted octanol–water partition coefficient (Wildman–Crippen LogP) is 4.13. The fourth-order valence-electron chi connectivity index (χ4n) is 4.60. The van der Waals surface area contributed by atoms with Crippen molar-refractivity contribution in [2.75, 3.05) is 6.61 Å². The number of fused-ring (bicyclic) bond motifs is 1. The normalized spacial score (nSPS) is 27.7. The molecule has 1 amide bonds. The molecule has 2 aliphatic heterocycles. The first-order valence-electron chi connectivity index (χ1n) is 12.2. The van der Waals surface area contributed by atoms with Crippen molar-refractivity contribution < 1.29 is 28.5 Å². The molecule has 36 heavy (non-hydrogen) atoms. The van der Waals surface area contributed by atoms with Gasteiger partial charge in [-0.3, -0.25) is 4.79 Å². The Balaban J connectivity index is 1.40. The van der Waals surface area contributed by atoms with Gasteiger partial charge in [-0.1, -0.05) is 91.0 Å². The van der Waals surface area contributed by atoms with Crippen molar-refractivity contribution >= 4 is 5.91 Å². The summed E-state index contributed by atoms with van der Waals surface area (Å²) >= 11 is 0. The Labute approximate surface area is 211 Å². The van der Waals surface area contributed by atoms with Crippen LogP contribution in [0, 0.1) is 0 Å². The minimum Gasteiger partial charge on any atom is -0.368 e. The van der Waals surface area contributed by atoms with Crippen LogP contribution >= 0.6 is 0 Å². The number of ether oxygens (including phenoxy) is 5. The molecular formula is C29H31NO6. The summed E-state index contributed by atoms with van der Waals surface area (Å²) in [4.78, 5) is 12.3. The third kappa shape index (κ3) is 6.00. The highest BCUT2D eigenvalue weighted by atomic mass is 16.7. The number of carbonyl (C=O) groups excluding carboxylic acids is 1. The summed E-state index contributed by atoms with van der Waals surface area (Å²) in [6.45, 7) is 2.48. The maximum Gasteiger partial charge on any atom is 0.217 e. The second-order valence-electron chi connectivity index (χ2n) is 9.00. The molecule has 5 rings (SSSR count). The first kappa shape index (κ1) is 24.6. The molecule has 0 aromatic heterocycles. The van der Waals surface area contributed by atoms with E-state index < -0.39 is 36.9 Å². The lowest BCUT2D eigenvalue weighted by Gasteiger charge is -2.49. The monoisotopic (exact) mass is 489 g/mol. The van der Waals surface area contributed by atoms with Gasteiger partial charge in [0.25, 0.3) is 0 Å². The fraction of sp³-hybridized carbons (Fsp3) is 0.345. The summed E-state index contributed by atoms with van der Waals surface area (Å²) in [5.41, 5.74) is 2.94. The van der Waals surface area contributed by atoms with Crippen LogP contribution in [0.25, 0.3) is 0 Å². The number of rotatable bonds is 8. The smallest absolute Gasteiger partial charge is 0.217 e. The maximum absolute atomic E-state index is 12.3. The molecule has 2 saturated heterocycles. The summed E-state index contributed by atoms with van der Waals surface area (Å²) in [6.07, 6.45) is -2.71. The zero-order valence-electron chi connectivity index (χ0n) is 20.2. The Hall–Kier alpha value is -3.07. The van der Waals surface area contributed by atoms with Crippen LogP contribution in [0.5, 0.6) is 0 Å². The van der Waals surface area contributed by atoms with Crippen LogP contribution in [-0.4, -0.2) is 43.2 Å². The molecule has 6 unspecified atom stereocenters. The molecule has 2 heterocycles. The molecule has 7 heteroatoms.